The number of amides is 1. The van der Waals surface area contributed by atoms with Crippen molar-refractivity contribution in [3.8, 4) is 11.6 Å². The summed E-state index contributed by atoms with van der Waals surface area (Å²) in [5.74, 6) is 0.936. The zero-order valence-corrected chi connectivity index (χ0v) is 17.6. The van der Waals surface area contributed by atoms with Gasteiger partial charge in [-0.05, 0) is 43.5 Å². The van der Waals surface area contributed by atoms with Gasteiger partial charge in [0.15, 0.2) is 0 Å². The lowest BCUT2D eigenvalue weighted by Crippen LogP contribution is -2.38. The molecule has 0 atom stereocenters. The van der Waals surface area contributed by atoms with Crippen molar-refractivity contribution >= 4 is 16.9 Å². The topological polar surface area (TPSA) is 117 Å². The van der Waals surface area contributed by atoms with Crippen LogP contribution in [0.4, 0.5) is 0 Å². The van der Waals surface area contributed by atoms with Gasteiger partial charge in [-0.25, -0.2) is 4.98 Å². The average Bonchev–Trinajstić information content (AvgIpc) is 3.13. The van der Waals surface area contributed by atoms with Crippen LogP contribution in [0.1, 0.15) is 40.1 Å². The number of carbonyl (C=O) groups excluding carboxylic acids is 1. The van der Waals surface area contributed by atoms with Gasteiger partial charge in [-0.3, -0.25) is 4.79 Å². The van der Waals surface area contributed by atoms with Crippen molar-refractivity contribution in [3.05, 3.63) is 52.9 Å². The number of pyridine rings is 1. The molecule has 3 heterocycles. The second-order valence-corrected chi connectivity index (χ2v) is 7.76. The van der Waals surface area contributed by atoms with Crippen LogP contribution in [0, 0.1) is 6.92 Å². The SMILES string of the molecule is COc1cc(COc2ccc3oc(C)c(C(N)=O)c3c2C2(CO)CCOCC2)ccn1. The molecule has 3 N–H and O–H groups in total. The van der Waals surface area contributed by atoms with Crippen LogP contribution in [0.15, 0.2) is 34.9 Å². The van der Waals surface area contributed by atoms with E-state index in [0.29, 0.717) is 60.0 Å². The molecule has 31 heavy (non-hydrogen) atoms. The summed E-state index contributed by atoms with van der Waals surface area (Å²) in [6, 6.07) is 7.22. The first-order chi connectivity index (χ1) is 15.0. The average molecular weight is 426 g/mol. The van der Waals surface area contributed by atoms with E-state index in [0.717, 1.165) is 11.1 Å². The fourth-order valence-corrected chi connectivity index (χ4v) is 4.30. The van der Waals surface area contributed by atoms with E-state index in [-0.39, 0.29) is 13.2 Å². The molecule has 0 saturated carbocycles. The molecule has 1 fully saturated rings. The number of methoxy groups -OCH3 is 1. The van der Waals surface area contributed by atoms with Crippen LogP contribution < -0.4 is 15.2 Å². The minimum absolute atomic E-state index is 0.114. The minimum atomic E-state index is -0.635. The van der Waals surface area contributed by atoms with E-state index >= 15 is 0 Å². The first-order valence-corrected chi connectivity index (χ1v) is 10.2. The van der Waals surface area contributed by atoms with Crippen LogP contribution in [0.2, 0.25) is 0 Å². The van der Waals surface area contributed by atoms with Gasteiger partial charge in [0.25, 0.3) is 5.91 Å². The van der Waals surface area contributed by atoms with Gasteiger partial charge >= 0.3 is 0 Å². The second kappa shape index (κ2) is 8.56. The number of fused-ring (bicyclic) bond motifs is 1. The molecule has 4 rings (SSSR count). The van der Waals surface area contributed by atoms with Crippen molar-refractivity contribution in [2.24, 2.45) is 5.73 Å². The van der Waals surface area contributed by atoms with E-state index in [1.807, 2.05) is 12.1 Å². The smallest absolute Gasteiger partial charge is 0.252 e. The molecule has 164 valence electrons. The molecule has 0 aliphatic carbocycles. The molecule has 1 aliphatic rings. The van der Waals surface area contributed by atoms with Gasteiger partial charge in [-0.2, -0.15) is 0 Å². The molecule has 2 aromatic heterocycles. The number of aliphatic hydroxyl groups is 1. The number of rotatable bonds is 7. The number of aromatic nitrogens is 1. The van der Waals surface area contributed by atoms with Crippen LogP contribution in [0.3, 0.4) is 0 Å². The van der Waals surface area contributed by atoms with Crippen LogP contribution in [0.25, 0.3) is 11.0 Å². The standard InChI is InChI=1S/C23H26N2O6/c1-14-19(22(24)27)20-16(31-14)3-4-17(21(20)23(13-26)6-9-29-10-7-23)30-12-15-5-8-25-18(11-15)28-2/h3-5,8,11,26H,6-7,9-10,12-13H2,1-2H3,(H2,24,27). The molecule has 0 bridgehead atoms. The fourth-order valence-electron chi connectivity index (χ4n) is 4.30. The molecule has 0 radical (unpaired) electrons. The van der Waals surface area contributed by atoms with Crippen molar-refractivity contribution in [3.63, 3.8) is 0 Å². The Morgan fingerprint density at radius 1 is 1.29 bits per heavy atom. The maximum absolute atomic E-state index is 12.3. The van der Waals surface area contributed by atoms with Gasteiger partial charge in [-0.15, -0.1) is 0 Å². The van der Waals surface area contributed by atoms with E-state index in [1.54, 1.807) is 32.4 Å². The number of nitrogens with zero attached hydrogens (tertiary/aromatic N) is 1. The first-order valence-electron chi connectivity index (χ1n) is 10.2. The van der Waals surface area contributed by atoms with Gasteiger partial charge in [0, 0.05) is 41.8 Å². The molecule has 1 amide bonds. The number of aryl methyl sites for hydroxylation is 1. The number of nitrogens with two attached hydrogens (primary N) is 1. The lowest BCUT2D eigenvalue weighted by Gasteiger charge is -2.37. The zero-order valence-electron chi connectivity index (χ0n) is 17.6. The molecule has 1 aromatic carbocycles. The number of carbonyl (C=O) groups is 1. The number of primary amides is 1. The van der Waals surface area contributed by atoms with Gasteiger partial charge < -0.3 is 29.5 Å². The van der Waals surface area contributed by atoms with Gasteiger partial charge in [-0.1, -0.05) is 0 Å². The summed E-state index contributed by atoms with van der Waals surface area (Å²) in [6.07, 6.45) is 2.83. The highest BCUT2D eigenvalue weighted by atomic mass is 16.5. The normalized spacial score (nSPS) is 15.7. The van der Waals surface area contributed by atoms with Crippen LogP contribution >= 0.6 is 0 Å². The lowest BCUT2D eigenvalue weighted by atomic mass is 9.72. The lowest BCUT2D eigenvalue weighted by molar-refractivity contribution is 0.0246. The van der Waals surface area contributed by atoms with Crippen LogP contribution in [0.5, 0.6) is 11.6 Å². The first kappa shape index (κ1) is 21.1. The predicted octanol–water partition coefficient (Wildman–Crippen LogP) is 2.86. The zero-order chi connectivity index (χ0) is 22.0. The Bertz CT molecular complexity index is 1100. The maximum atomic E-state index is 12.3. The van der Waals surface area contributed by atoms with Crippen LogP contribution in [-0.2, 0) is 16.8 Å². The summed E-state index contributed by atoms with van der Waals surface area (Å²) in [7, 11) is 1.56. The van der Waals surface area contributed by atoms with Gasteiger partial charge in [0.1, 0.15) is 23.7 Å². The second-order valence-electron chi connectivity index (χ2n) is 7.76. The number of furan rings is 1. The van der Waals surface area contributed by atoms with Gasteiger partial charge in [0.05, 0.1) is 19.3 Å². The fraction of sp³-hybridized carbons (Fsp3) is 0.391. The molecule has 0 spiro atoms. The van der Waals surface area contributed by atoms with E-state index < -0.39 is 11.3 Å². The summed E-state index contributed by atoms with van der Waals surface area (Å²) >= 11 is 0. The summed E-state index contributed by atoms with van der Waals surface area (Å²) in [6.45, 7) is 2.86. The van der Waals surface area contributed by atoms with E-state index in [1.165, 1.54) is 0 Å². The Balaban J connectivity index is 1.86. The Labute approximate surface area is 179 Å². The highest BCUT2D eigenvalue weighted by Crippen LogP contribution is 2.46. The summed E-state index contributed by atoms with van der Waals surface area (Å²) in [5, 5.41) is 11.1. The highest BCUT2D eigenvalue weighted by molar-refractivity contribution is 6.08. The number of hydrogen-bond acceptors (Lipinski definition) is 7. The Morgan fingerprint density at radius 2 is 2.06 bits per heavy atom. The van der Waals surface area contributed by atoms with Crippen molar-refractivity contribution in [1.82, 2.24) is 4.98 Å². The van der Waals surface area contributed by atoms with Crippen LogP contribution in [-0.4, -0.2) is 42.9 Å². The van der Waals surface area contributed by atoms with Crippen molar-refractivity contribution in [2.75, 3.05) is 26.9 Å². The summed E-state index contributed by atoms with van der Waals surface area (Å²) in [4.78, 5) is 16.4. The monoisotopic (exact) mass is 426 g/mol. The molecule has 8 nitrogen and oxygen atoms in total. The molecule has 3 aromatic rings. The van der Waals surface area contributed by atoms with E-state index in [4.69, 9.17) is 24.4 Å². The van der Waals surface area contributed by atoms with Crippen molar-refractivity contribution in [2.45, 2.75) is 31.8 Å². The maximum Gasteiger partial charge on any atom is 0.252 e. The quantitative estimate of drug-likeness (QED) is 0.596. The number of ether oxygens (including phenoxy) is 3. The molecule has 1 aliphatic heterocycles. The molecular weight excluding hydrogens is 400 g/mol. The van der Waals surface area contributed by atoms with Crippen molar-refractivity contribution in [1.29, 1.82) is 0 Å². The summed E-state index contributed by atoms with van der Waals surface area (Å²) < 4.78 is 22.8. The Hall–Kier alpha value is -3.10. The Kier molecular flexibility index (Phi) is 5.84. The largest absolute Gasteiger partial charge is 0.489 e. The number of aliphatic hydroxyl groups excluding tert-OH is 1. The molecular formula is C23H26N2O6. The van der Waals surface area contributed by atoms with Gasteiger partial charge in [0.2, 0.25) is 5.88 Å². The van der Waals surface area contributed by atoms with E-state index in [2.05, 4.69) is 4.98 Å². The minimum Gasteiger partial charge on any atom is -0.489 e. The van der Waals surface area contributed by atoms with E-state index in [9.17, 15) is 9.90 Å². The third kappa shape index (κ3) is 3.84. The third-order valence-electron chi connectivity index (χ3n) is 5.93. The molecule has 1 saturated heterocycles. The Morgan fingerprint density at radius 3 is 2.74 bits per heavy atom. The van der Waals surface area contributed by atoms with Crippen molar-refractivity contribution < 1.29 is 28.5 Å². The molecule has 8 heteroatoms. The number of benzene rings is 1. The predicted molar refractivity (Wildman–Crippen MR) is 113 cm³/mol. The highest BCUT2D eigenvalue weighted by Gasteiger charge is 2.40. The molecule has 0 unspecified atom stereocenters. The summed E-state index contributed by atoms with van der Waals surface area (Å²) in [5.41, 5.74) is 7.55. The number of hydrogen-bond donors (Lipinski definition) is 2. The third-order valence-corrected chi connectivity index (χ3v) is 5.93.